The first-order valence-electron chi connectivity index (χ1n) is 8.03. The lowest BCUT2D eigenvalue weighted by molar-refractivity contribution is -0.117. The minimum Gasteiger partial charge on any atom is -0.487 e. The number of anilines is 1. The van der Waals surface area contributed by atoms with Crippen LogP contribution in [-0.2, 0) is 4.79 Å². The number of nitrogens with zero attached hydrogens (tertiary/aromatic N) is 1. The number of nitrogens with one attached hydrogen (secondary N) is 1. The molecule has 0 bridgehead atoms. The molecule has 3 rings (SSSR count). The van der Waals surface area contributed by atoms with Crippen LogP contribution in [0, 0.1) is 5.92 Å². The van der Waals surface area contributed by atoms with Crippen LogP contribution in [0.1, 0.15) is 38.4 Å². The Labute approximate surface area is 131 Å². The molecule has 5 nitrogen and oxygen atoms in total. The summed E-state index contributed by atoms with van der Waals surface area (Å²) >= 11 is 0. The van der Waals surface area contributed by atoms with E-state index in [2.05, 4.69) is 5.32 Å². The fraction of sp³-hybridized carbons (Fsp3) is 0.588. The third-order valence-corrected chi connectivity index (χ3v) is 4.59. The van der Waals surface area contributed by atoms with Crippen molar-refractivity contribution >= 4 is 11.6 Å². The standard InChI is InChI=1S/C17H24N2O3/c1-11-10-19(12(2)20)15-9-14(3-4-16(15)22-11)17(21)13-5-7-18-8-6-13/h3-4,9,11,13,17-18,21H,5-8,10H2,1-2H3. The number of ether oxygens (including phenoxy) is 1. The topological polar surface area (TPSA) is 61.8 Å². The van der Waals surface area contributed by atoms with Gasteiger partial charge in [-0.2, -0.15) is 0 Å². The molecule has 2 aliphatic heterocycles. The first-order valence-corrected chi connectivity index (χ1v) is 8.03. The Balaban J connectivity index is 1.88. The number of hydrogen-bond acceptors (Lipinski definition) is 4. The molecule has 1 saturated heterocycles. The second-order valence-corrected chi connectivity index (χ2v) is 6.32. The summed E-state index contributed by atoms with van der Waals surface area (Å²) in [5.41, 5.74) is 1.64. The van der Waals surface area contributed by atoms with Gasteiger partial charge >= 0.3 is 0 Å². The second kappa shape index (κ2) is 6.26. The Morgan fingerprint density at radius 1 is 1.41 bits per heavy atom. The van der Waals surface area contributed by atoms with Crippen molar-refractivity contribution in [2.24, 2.45) is 5.92 Å². The second-order valence-electron chi connectivity index (χ2n) is 6.32. The highest BCUT2D eigenvalue weighted by Crippen LogP contribution is 2.38. The van der Waals surface area contributed by atoms with Gasteiger partial charge in [0.05, 0.1) is 18.3 Å². The van der Waals surface area contributed by atoms with Crippen LogP contribution in [0.5, 0.6) is 5.75 Å². The summed E-state index contributed by atoms with van der Waals surface area (Å²) in [6.45, 7) is 5.98. The highest BCUT2D eigenvalue weighted by atomic mass is 16.5. The molecule has 2 aliphatic rings. The third-order valence-electron chi connectivity index (χ3n) is 4.59. The minimum absolute atomic E-state index is 0.00454. The lowest BCUT2D eigenvalue weighted by Crippen LogP contribution is -2.41. The van der Waals surface area contributed by atoms with Crippen molar-refractivity contribution in [3.05, 3.63) is 23.8 Å². The predicted octanol–water partition coefficient (Wildman–Crippen LogP) is 1.85. The van der Waals surface area contributed by atoms with Crippen LogP contribution in [0.25, 0.3) is 0 Å². The van der Waals surface area contributed by atoms with Gasteiger partial charge in [-0.1, -0.05) is 6.07 Å². The largest absolute Gasteiger partial charge is 0.487 e. The molecule has 1 aromatic carbocycles. The zero-order valence-electron chi connectivity index (χ0n) is 13.2. The van der Waals surface area contributed by atoms with Crippen molar-refractivity contribution in [2.75, 3.05) is 24.5 Å². The number of aliphatic hydroxyl groups is 1. The fourth-order valence-corrected chi connectivity index (χ4v) is 3.37. The predicted molar refractivity (Wildman–Crippen MR) is 85.1 cm³/mol. The number of fused-ring (bicyclic) bond motifs is 1. The number of amides is 1. The van der Waals surface area contributed by atoms with Gasteiger partial charge in [-0.3, -0.25) is 4.79 Å². The van der Waals surface area contributed by atoms with E-state index in [0.717, 1.165) is 42.9 Å². The molecule has 120 valence electrons. The summed E-state index contributed by atoms with van der Waals surface area (Å²) in [6, 6.07) is 5.71. The van der Waals surface area contributed by atoms with E-state index in [9.17, 15) is 9.90 Å². The Bertz CT molecular complexity index is 555. The van der Waals surface area contributed by atoms with Crippen LogP contribution in [0.15, 0.2) is 18.2 Å². The maximum Gasteiger partial charge on any atom is 0.224 e. The van der Waals surface area contributed by atoms with E-state index in [-0.39, 0.29) is 17.9 Å². The van der Waals surface area contributed by atoms with E-state index >= 15 is 0 Å². The Morgan fingerprint density at radius 2 is 2.14 bits per heavy atom. The molecule has 0 aliphatic carbocycles. The SMILES string of the molecule is CC(=O)N1CC(C)Oc2ccc(C(O)C3CCNCC3)cc21. The molecule has 2 heterocycles. The quantitative estimate of drug-likeness (QED) is 0.875. The van der Waals surface area contributed by atoms with Gasteiger partial charge in [0, 0.05) is 6.92 Å². The maximum atomic E-state index is 11.9. The smallest absolute Gasteiger partial charge is 0.224 e. The molecule has 1 fully saturated rings. The molecule has 2 N–H and O–H groups in total. The van der Waals surface area contributed by atoms with Crippen LogP contribution < -0.4 is 15.0 Å². The Morgan fingerprint density at radius 3 is 2.82 bits per heavy atom. The van der Waals surface area contributed by atoms with Crippen LogP contribution in [0.3, 0.4) is 0 Å². The summed E-state index contributed by atoms with van der Waals surface area (Å²) in [7, 11) is 0. The van der Waals surface area contributed by atoms with E-state index in [1.54, 1.807) is 11.8 Å². The van der Waals surface area contributed by atoms with Crippen LogP contribution >= 0.6 is 0 Å². The molecular formula is C17H24N2O3. The van der Waals surface area contributed by atoms with Crippen molar-refractivity contribution in [1.82, 2.24) is 5.32 Å². The number of benzene rings is 1. The van der Waals surface area contributed by atoms with Crippen molar-refractivity contribution in [2.45, 2.75) is 38.9 Å². The number of carbonyl (C=O) groups excluding carboxylic acids is 1. The van der Waals surface area contributed by atoms with Gasteiger partial charge in [-0.25, -0.2) is 0 Å². The van der Waals surface area contributed by atoms with E-state index in [1.165, 1.54) is 0 Å². The van der Waals surface area contributed by atoms with Crippen LogP contribution in [-0.4, -0.2) is 36.8 Å². The first kappa shape index (κ1) is 15.3. The van der Waals surface area contributed by atoms with E-state index in [1.807, 2.05) is 25.1 Å². The Hall–Kier alpha value is -1.59. The van der Waals surface area contributed by atoms with Crippen molar-refractivity contribution in [3.63, 3.8) is 0 Å². The third kappa shape index (κ3) is 2.96. The lowest BCUT2D eigenvalue weighted by Gasteiger charge is -2.34. The van der Waals surface area contributed by atoms with Crippen molar-refractivity contribution < 1.29 is 14.6 Å². The molecule has 0 spiro atoms. The van der Waals surface area contributed by atoms with Gasteiger partial charge < -0.3 is 20.1 Å². The van der Waals surface area contributed by atoms with Gasteiger partial charge in [0.2, 0.25) is 5.91 Å². The molecule has 1 aromatic rings. The van der Waals surface area contributed by atoms with Gasteiger partial charge in [0.25, 0.3) is 0 Å². The summed E-state index contributed by atoms with van der Waals surface area (Å²) in [6.07, 6.45) is 1.45. The summed E-state index contributed by atoms with van der Waals surface area (Å²) < 4.78 is 5.81. The molecule has 2 atom stereocenters. The fourth-order valence-electron chi connectivity index (χ4n) is 3.37. The van der Waals surface area contributed by atoms with E-state index in [0.29, 0.717) is 6.54 Å². The van der Waals surface area contributed by atoms with Crippen molar-refractivity contribution in [1.29, 1.82) is 0 Å². The van der Waals surface area contributed by atoms with E-state index < -0.39 is 6.10 Å². The molecule has 22 heavy (non-hydrogen) atoms. The van der Waals surface area contributed by atoms with Gasteiger partial charge in [-0.15, -0.1) is 0 Å². The number of hydrogen-bond donors (Lipinski definition) is 2. The zero-order chi connectivity index (χ0) is 15.7. The van der Waals surface area contributed by atoms with Gasteiger partial charge in [-0.05, 0) is 56.5 Å². The normalized spacial score (nSPS) is 23.6. The molecule has 2 unspecified atom stereocenters. The van der Waals surface area contributed by atoms with Gasteiger partial charge in [0.1, 0.15) is 11.9 Å². The average molecular weight is 304 g/mol. The number of aliphatic hydroxyl groups excluding tert-OH is 1. The van der Waals surface area contributed by atoms with Crippen LogP contribution in [0.2, 0.25) is 0 Å². The summed E-state index contributed by atoms with van der Waals surface area (Å²) in [5, 5.41) is 14.0. The number of piperidine rings is 1. The summed E-state index contributed by atoms with van der Waals surface area (Å²) in [4.78, 5) is 13.6. The summed E-state index contributed by atoms with van der Waals surface area (Å²) in [5.74, 6) is 0.994. The highest BCUT2D eigenvalue weighted by molar-refractivity contribution is 5.93. The number of carbonyl (C=O) groups is 1. The van der Waals surface area contributed by atoms with Crippen LogP contribution in [0.4, 0.5) is 5.69 Å². The molecule has 0 aromatic heterocycles. The maximum absolute atomic E-state index is 11.9. The first-order chi connectivity index (χ1) is 10.6. The molecule has 0 saturated carbocycles. The van der Waals surface area contributed by atoms with E-state index in [4.69, 9.17) is 4.74 Å². The highest BCUT2D eigenvalue weighted by Gasteiger charge is 2.28. The molecular weight excluding hydrogens is 280 g/mol. The number of rotatable bonds is 2. The van der Waals surface area contributed by atoms with Crippen molar-refractivity contribution in [3.8, 4) is 5.75 Å². The zero-order valence-corrected chi connectivity index (χ0v) is 13.2. The molecule has 5 heteroatoms. The lowest BCUT2D eigenvalue weighted by atomic mass is 9.88. The molecule has 0 radical (unpaired) electrons. The average Bonchev–Trinajstić information content (AvgIpc) is 2.53. The van der Waals surface area contributed by atoms with Gasteiger partial charge in [0.15, 0.2) is 0 Å². The molecule has 1 amide bonds. The minimum atomic E-state index is -0.486. The monoisotopic (exact) mass is 304 g/mol. The Kier molecular flexibility index (Phi) is 4.36.